The first-order chi connectivity index (χ1) is 10.9. The molecule has 3 rings (SSSR count). The van der Waals surface area contributed by atoms with E-state index in [-0.39, 0.29) is 11.2 Å². The van der Waals surface area contributed by atoms with E-state index >= 15 is 0 Å². The molecule has 3 aromatic heterocycles. The normalized spacial score (nSPS) is 11.6. The lowest BCUT2D eigenvalue weighted by Crippen LogP contribution is -2.37. The van der Waals surface area contributed by atoms with Gasteiger partial charge in [-0.1, -0.05) is 6.07 Å². The molecule has 0 aliphatic heterocycles. The van der Waals surface area contributed by atoms with E-state index < -0.39 is 0 Å². The van der Waals surface area contributed by atoms with Crippen molar-refractivity contribution in [2.24, 2.45) is 21.1 Å². The molecule has 0 spiro atoms. The molecule has 7 nitrogen and oxygen atoms in total. The van der Waals surface area contributed by atoms with Crippen LogP contribution in [0.15, 0.2) is 33.9 Å². The van der Waals surface area contributed by atoms with E-state index in [1.807, 2.05) is 24.3 Å². The van der Waals surface area contributed by atoms with Crippen LogP contribution >= 0.6 is 0 Å². The number of aromatic nitrogens is 4. The molecule has 0 fully saturated rings. The van der Waals surface area contributed by atoms with E-state index in [9.17, 15) is 9.59 Å². The van der Waals surface area contributed by atoms with Gasteiger partial charge in [0.2, 0.25) is 0 Å². The Bertz CT molecular complexity index is 1050. The monoisotopic (exact) mass is 311 g/mol. The molecule has 0 aliphatic rings. The van der Waals surface area contributed by atoms with E-state index in [1.165, 1.54) is 11.6 Å². The highest BCUT2D eigenvalue weighted by Gasteiger charge is 2.13. The Morgan fingerprint density at radius 3 is 2.48 bits per heavy atom. The molecule has 23 heavy (non-hydrogen) atoms. The highest BCUT2D eigenvalue weighted by Crippen LogP contribution is 2.16. The molecule has 0 unspecified atom stereocenters. The van der Waals surface area contributed by atoms with Gasteiger partial charge in [-0.05, 0) is 30.4 Å². The summed E-state index contributed by atoms with van der Waals surface area (Å²) in [7, 11) is 4.92. The third-order valence-electron chi connectivity index (χ3n) is 3.91. The molecule has 0 atom stereocenters. The van der Waals surface area contributed by atoms with E-state index in [4.69, 9.17) is 5.73 Å². The minimum absolute atomic E-state index is 0.313. The van der Waals surface area contributed by atoms with Gasteiger partial charge >= 0.3 is 5.69 Å². The number of hydrogen-bond donors (Lipinski definition) is 1. The Labute approximate surface area is 131 Å². The fraction of sp³-hybridized carbons (Fsp3) is 0.188. The predicted molar refractivity (Wildman–Crippen MR) is 91.0 cm³/mol. The summed E-state index contributed by atoms with van der Waals surface area (Å²) >= 11 is 0. The van der Waals surface area contributed by atoms with Gasteiger partial charge in [-0.25, -0.2) is 9.78 Å². The SMILES string of the molecule is Cn1c(=O)c2c(cc(/C=C/c3cccc(N)n3)n2C)n(C)c1=O. The second-order valence-corrected chi connectivity index (χ2v) is 5.39. The third-order valence-corrected chi connectivity index (χ3v) is 3.91. The van der Waals surface area contributed by atoms with Gasteiger partial charge in [0.05, 0.1) is 11.2 Å². The number of fused-ring (bicyclic) bond motifs is 1. The van der Waals surface area contributed by atoms with Crippen LogP contribution in [0.1, 0.15) is 11.4 Å². The summed E-state index contributed by atoms with van der Waals surface area (Å²) in [6, 6.07) is 7.18. The standard InChI is InChI=1S/C16H17N5O2/c1-19-11(8-7-10-5-4-6-13(17)18-10)9-12-14(19)15(22)21(3)16(23)20(12)2/h4-9H,1-3H3,(H2,17,18)/b8-7+. The lowest BCUT2D eigenvalue weighted by atomic mass is 10.3. The van der Waals surface area contributed by atoms with Gasteiger partial charge in [-0.3, -0.25) is 13.9 Å². The number of nitrogen functional groups attached to an aromatic ring is 1. The Kier molecular flexibility index (Phi) is 3.40. The lowest BCUT2D eigenvalue weighted by Gasteiger charge is -2.04. The van der Waals surface area contributed by atoms with Crippen LogP contribution in [-0.2, 0) is 21.1 Å². The third kappa shape index (κ3) is 2.36. The van der Waals surface area contributed by atoms with Crippen molar-refractivity contribution in [1.82, 2.24) is 18.7 Å². The molecule has 118 valence electrons. The molecule has 0 aromatic carbocycles. The number of rotatable bonds is 2. The molecule has 0 radical (unpaired) electrons. The largest absolute Gasteiger partial charge is 0.384 e. The Morgan fingerprint density at radius 2 is 1.78 bits per heavy atom. The van der Waals surface area contributed by atoms with E-state index in [0.717, 1.165) is 16.0 Å². The van der Waals surface area contributed by atoms with Crippen molar-refractivity contribution in [2.75, 3.05) is 5.73 Å². The average Bonchev–Trinajstić information content (AvgIpc) is 2.86. The molecule has 7 heteroatoms. The van der Waals surface area contributed by atoms with Crippen LogP contribution < -0.4 is 17.0 Å². The Hall–Kier alpha value is -3.09. The van der Waals surface area contributed by atoms with Crippen molar-refractivity contribution in [3.8, 4) is 0 Å². The maximum Gasteiger partial charge on any atom is 0.331 e. The molecule has 0 amide bonds. The molecule has 3 heterocycles. The minimum Gasteiger partial charge on any atom is -0.384 e. The van der Waals surface area contributed by atoms with Gasteiger partial charge in [0, 0.05) is 26.8 Å². The van der Waals surface area contributed by atoms with Crippen LogP contribution in [0.25, 0.3) is 23.2 Å². The summed E-state index contributed by atoms with van der Waals surface area (Å²) in [5.41, 5.74) is 7.59. The molecule has 3 aromatic rings. The predicted octanol–water partition coefficient (Wildman–Crippen LogP) is 0.723. The molecular formula is C16H17N5O2. The second-order valence-electron chi connectivity index (χ2n) is 5.39. The zero-order valence-electron chi connectivity index (χ0n) is 13.1. The van der Waals surface area contributed by atoms with Gasteiger partial charge < -0.3 is 10.3 Å². The summed E-state index contributed by atoms with van der Waals surface area (Å²) < 4.78 is 4.34. The van der Waals surface area contributed by atoms with Gasteiger partial charge in [0.1, 0.15) is 11.3 Å². The molecular weight excluding hydrogens is 294 g/mol. The highest BCUT2D eigenvalue weighted by atomic mass is 16.2. The quantitative estimate of drug-likeness (QED) is 0.755. The lowest BCUT2D eigenvalue weighted by molar-refractivity contribution is 0.708. The van der Waals surface area contributed by atoms with Gasteiger partial charge in [-0.15, -0.1) is 0 Å². The zero-order valence-corrected chi connectivity index (χ0v) is 13.1. The zero-order chi connectivity index (χ0) is 16.7. The number of nitrogens with two attached hydrogens (primary N) is 1. The van der Waals surface area contributed by atoms with Crippen LogP contribution in [0.3, 0.4) is 0 Å². The number of anilines is 1. The maximum absolute atomic E-state index is 12.3. The van der Waals surface area contributed by atoms with Crippen molar-refractivity contribution < 1.29 is 0 Å². The van der Waals surface area contributed by atoms with Crippen LogP contribution in [-0.4, -0.2) is 18.7 Å². The first-order valence-corrected chi connectivity index (χ1v) is 7.06. The van der Waals surface area contributed by atoms with E-state index in [1.54, 1.807) is 30.8 Å². The van der Waals surface area contributed by atoms with Crippen molar-refractivity contribution in [3.05, 3.63) is 56.5 Å². The van der Waals surface area contributed by atoms with E-state index in [2.05, 4.69) is 4.98 Å². The molecule has 0 saturated heterocycles. The van der Waals surface area contributed by atoms with E-state index in [0.29, 0.717) is 16.9 Å². The highest BCUT2D eigenvalue weighted by molar-refractivity contribution is 5.81. The summed E-state index contributed by atoms with van der Waals surface area (Å²) in [6.45, 7) is 0. The summed E-state index contributed by atoms with van der Waals surface area (Å²) in [6.07, 6.45) is 3.65. The molecule has 0 saturated carbocycles. The topological polar surface area (TPSA) is 87.8 Å². The van der Waals surface area contributed by atoms with Gasteiger partial charge in [0.25, 0.3) is 5.56 Å². The average molecular weight is 311 g/mol. The van der Waals surface area contributed by atoms with Crippen LogP contribution in [0.2, 0.25) is 0 Å². The summed E-state index contributed by atoms with van der Waals surface area (Å²) in [5.74, 6) is 0.445. The van der Waals surface area contributed by atoms with Crippen LogP contribution in [0.4, 0.5) is 5.82 Å². The Morgan fingerprint density at radius 1 is 1.04 bits per heavy atom. The van der Waals surface area contributed by atoms with Gasteiger partial charge in [0.15, 0.2) is 0 Å². The molecule has 0 aliphatic carbocycles. The van der Waals surface area contributed by atoms with Gasteiger partial charge in [-0.2, -0.15) is 0 Å². The van der Waals surface area contributed by atoms with Crippen LogP contribution in [0, 0.1) is 0 Å². The summed E-state index contributed by atoms with van der Waals surface area (Å²) in [4.78, 5) is 28.5. The fourth-order valence-corrected chi connectivity index (χ4v) is 2.58. The minimum atomic E-state index is -0.346. The summed E-state index contributed by atoms with van der Waals surface area (Å²) in [5, 5.41) is 0. The molecule has 2 N–H and O–H groups in total. The number of pyridine rings is 1. The van der Waals surface area contributed by atoms with Crippen molar-refractivity contribution in [1.29, 1.82) is 0 Å². The smallest absolute Gasteiger partial charge is 0.331 e. The van der Waals surface area contributed by atoms with Crippen molar-refractivity contribution in [2.45, 2.75) is 0 Å². The molecule has 0 bridgehead atoms. The first-order valence-electron chi connectivity index (χ1n) is 7.06. The first kappa shape index (κ1) is 14.8. The van der Waals surface area contributed by atoms with Crippen molar-refractivity contribution in [3.63, 3.8) is 0 Å². The number of nitrogens with zero attached hydrogens (tertiary/aromatic N) is 4. The van der Waals surface area contributed by atoms with Crippen LogP contribution in [0.5, 0.6) is 0 Å². The fourth-order valence-electron chi connectivity index (χ4n) is 2.58. The Balaban J connectivity index is 2.19. The number of aryl methyl sites for hydroxylation is 2. The maximum atomic E-state index is 12.3. The second kappa shape index (κ2) is 5.28. The van der Waals surface area contributed by atoms with Crippen molar-refractivity contribution >= 4 is 29.0 Å². The number of hydrogen-bond acceptors (Lipinski definition) is 4.